The van der Waals surface area contributed by atoms with Crippen molar-refractivity contribution in [1.82, 2.24) is 0 Å². The number of rotatable bonds is 7. The number of halogens is 1. The molecule has 0 aliphatic carbocycles. The molecule has 0 amide bonds. The average molecular weight is 395 g/mol. The average Bonchev–Trinajstić information content (AvgIpc) is 2.73. The van der Waals surface area contributed by atoms with E-state index in [4.69, 9.17) is 21.1 Å². The van der Waals surface area contributed by atoms with Crippen LogP contribution in [0.3, 0.4) is 0 Å². The molecular weight excluding hydrogens is 376 g/mol. The molecule has 0 spiro atoms. The number of hydrogen-bond donors (Lipinski definition) is 0. The Morgan fingerprint density at radius 1 is 0.857 bits per heavy atom. The van der Waals surface area contributed by atoms with Gasteiger partial charge in [0.05, 0.1) is 0 Å². The number of benzene rings is 3. The first kappa shape index (κ1) is 19.6. The van der Waals surface area contributed by atoms with Crippen molar-refractivity contribution in [3.63, 3.8) is 0 Å². The summed E-state index contributed by atoms with van der Waals surface area (Å²) in [5, 5.41) is 0.544. The number of esters is 1. The zero-order valence-corrected chi connectivity index (χ0v) is 16.1. The standard InChI is InChI=1S/C23H19ClO4/c1-16(20-9-5-6-10-21(20)24)28-22(25)15-27-19-13-11-18(12-14-19)23(26)17-7-3-2-4-8-17/h2-14,16H,15H2,1H3. The van der Waals surface area contributed by atoms with Crippen LogP contribution in [-0.2, 0) is 9.53 Å². The predicted octanol–water partition coefficient (Wildman–Crippen LogP) is 5.25. The Bertz CT molecular complexity index is 952. The van der Waals surface area contributed by atoms with Crippen LogP contribution in [-0.4, -0.2) is 18.4 Å². The van der Waals surface area contributed by atoms with Gasteiger partial charge >= 0.3 is 5.97 Å². The van der Waals surface area contributed by atoms with Gasteiger partial charge in [-0.25, -0.2) is 4.79 Å². The highest BCUT2D eigenvalue weighted by Crippen LogP contribution is 2.25. The van der Waals surface area contributed by atoms with Gasteiger partial charge in [-0.1, -0.05) is 60.1 Å². The first-order valence-electron chi connectivity index (χ1n) is 8.81. The number of hydrogen-bond acceptors (Lipinski definition) is 4. The van der Waals surface area contributed by atoms with Crippen molar-refractivity contribution in [2.75, 3.05) is 6.61 Å². The first-order chi connectivity index (χ1) is 13.5. The Hall–Kier alpha value is -3.11. The van der Waals surface area contributed by atoms with Gasteiger partial charge in [-0.3, -0.25) is 4.79 Å². The molecule has 0 radical (unpaired) electrons. The van der Waals surface area contributed by atoms with E-state index in [-0.39, 0.29) is 12.4 Å². The molecule has 0 aromatic heterocycles. The normalized spacial score (nSPS) is 11.5. The summed E-state index contributed by atoms with van der Waals surface area (Å²) in [5.74, 6) is -0.0936. The number of ketones is 1. The van der Waals surface area contributed by atoms with E-state index in [0.29, 0.717) is 21.9 Å². The molecule has 28 heavy (non-hydrogen) atoms. The van der Waals surface area contributed by atoms with E-state index in [2.05, 4.69) is 0 Å². The monoisotopic (exact) mass is 394 g/mol. The molecule has 4 nitrogen and oxygen atoms in total. The van der Waals surface area contributed by atoms with Crippen LogP contribution < -0.4 is 4.74 Å². The van der Waals surface area contributed by atoms with Crippen LogP contribution in [0.5, 0.6) is 5.75 Å². The summed E-state index contributed by atoms with van der Waals surface area (Å²) < 4.78 is 10.8. The molecule has 0 N–H and O–H groups in total. The van der Waals surface area contributed by atoms with Crippen LogP contribution in [0.4, 0.5) is 0 Å². The highest BCUT2D eigenvalue weighted by atomic mass is 35.5. The molecule has 0 aliphatic rings. The van der Waals surface area contributed by atoms with Crippen molar-refractivity contribution >= 4 is 23.4 Å². The molecule has 0 aliphatic heterocycles. The van der Waals surface area contributed by atoms with E-state index in [9.17, 15) is 9.59 Å². The van der Waals surface area contributed by atoms with Gasteiger partial charge in [0.15, 0.2) is 12.4 Å². The quantitative estimate of drug-likeness (QED) is 0.405. The van der Waals surface area contributed by atoms with Crippen molar-refractivity contribution < 1.29 is 19.1 Å². The third-order valence-electron chi connectivity index (χ3n) is 4.16. The number of carbonyl (C=O) groups is 2. The van der Waals surface area contributed by atoms with Crippen molar-refractivity contribution in [2.45, 2.75) is 13.0 Å². The van der Waals surface area contributed by atoms with Gasteiger partial charge in [-0.2, -0.15) is 0 Å². The smallest absolute Gasteiger partial charge is 0.344 e. The summed E-state index contributed by atoms with van der Waals surface area (Å²) in [4.78, 5) is 24.4. The molecule has 0 fully saturated rings. The van der Waals surface area contributed by atoms with Crippen LogP contribution >= 0.6 is 11.6 Å². The Morgan fingerprint density at radius 2 is 1.46 bits per heavy atom. The second-order valence-corrected chi connectivity index (χ2v) is 6.57. The van der Waals surface area contributed by atoms with Gasteiger partial charge in [-0.15, -0.1) is 0 Å². The molecule has 0 heterocycles. The lowest BCUT2D eigenvalue weighted by Crippen LogP contribution is -2.17. The molecule has 0 saturated heterocycles. The zero-order valence-electron chi connectivity index (χ0n) is 15.3. The maximum absolute atomic E-state index is 12.4. The maximum atomic E-state index is 12.4. The fourth-order valence-electron chi connectivity index (χ4n) is 2.70. The van der Waals surface area contributed by atoms with Gasteiger partial charge in [0, 0.05) is 21.7 Å². The summed E-state index contributed by atoms with van der Waals surface area (Å²) in [5.41, 5.74) is 1.91. The Morgan fingerprint density at radius 3 is 2.14 bits per heavy atom. The lowest BCUT2D eigenvalue weighted by atomic mass is 10.0. The van der Waals surface area contributed by atoms with E-state index in [0.717, 1.165) is 5.56 Å². The van der Waals surface area contributed by atoms with E-state index in [1.807, 2.05) is 36.4 Å². The largest absolute Gasteiger partial charge is 0.482 e. The summed E-state index contributed by atoms with van der Waals surface area (Å²) in [6.45, 7) is 1.52. The number of ether oxygens (including phenoxy) is 2. The molecule has 3 aromatic carbocycles. The van der Waals surface area contributed by atoms with Crippen LogP contribution in [0.1, 0.15) is 34.5 Å². The fourth-order valence-corrected chi connectivity index (χ4v) is 2.99. The molecule has 3 rings (SSSR count). The third-order valence-corrected chi connectivity index (χ3v) is 4.50. The van der Waals surface area contributed by atoms with Crippen molar-refractivity contribution in [2.24, 2.45) is 0 Å². The van der Waals surface area contributed by atoms with Gasteiger partial charge in [0.1, 0.15) is 11.9 Å². The van der Waals surface area contributed by atoms with E-state index in [1.165, 1.54) is 0 Å². The predicted molar refractivity (Wildman–Crippen MR) is 108 cm³/mol. The molecule has 0 bridgehead atoms. The molecule has 1 atom stereocenters. The number of carbonyl (C=O) groups excluding carboxylic acids is 2. The molecule has 0 saturated carbocycles. The second-order valence-electron chi connectivity index (χ2n) is 6.16. The fraction of sp³-hybridized carbons (Fsp3) is 0.130. The Balaban J connectivity index is 1.54. The van der Waals surface area contributed by atoms with Crippen LogP contribution in [0.15, 0.2) is 78.9 Å². The minimum atomic E-state index is -0.503. The van der Waals surface area contributed by atoms with Crippen molar-refractivity contribution in [3.05, 3.63) is 101 Å². The molecule has 142 valence electrons. The Kier molecular flexibility index (Phi) is 6.45. The summed E-state index contributed by atoms with van der Waals surface area (Å²) in [6, 6.07) is 22.9. The molecule has 5 heteroatoms. The van der Waals surface area contributed by atoms with Crippen molar-refractivity contribution in [1.29, 1.82) is 0 Å². The topological polar surface area (TPSA) is 52.6 Å². The first-order valence-corrected chi connectivity index (χ1v) is 9.19. The van der Waals surface area contributed by atoms with Gasteiger partial charge in [0.25, 0.3) is 0 Å². The van der Waals surface area contributed by atoms with Crippen molar-refractivity contribution in [3.8, 4) is 5.75 Å². The lowest BCUT2D eigenvalue weighted by Gasteiger charge is -2.15. The molecular formula is C23H19ClO4. The van der Waals surface area contributed by atoms with E-state index in [1.54, 1.807) is 49.4 Å². The van der Waals surface area contributed by atoms with E-state index < -0.39 is 12.1 Å². The van der Waals surface area contributed by atoms with Crippen LogP contribution in [0, 0.1) is 0 Å². The second kappa shape index (κ2) is 9.20. The minimum absolute atomic E-state index is 0.0693. The Labute approximate surface area is 168 Å². The minimum Gasteiger partial charge on any atom is -0.482 e. The maximum Gasteiger partial charge on any atom is 0.344 e. The molecule has 3 aromatic rings. The SMILES string of the molecule is CC(OC(=O)COc1ccc(C(=O)c2ccccc2)cc1)c1ccccc1Cl. The summed E-state index contributed by atoms with van der Waals surface area (Å²) in [6.07, 6.45) is -0.476. The zero-order chi connectivity index (χ0) is 19.9. The van der Waals surface area contributed by atoms with Gasteiger partial charge in [-0.05, 0) is 37.3 Å². The van der Waals surface area contributed by atoms with E-state index >= 15 is 0 Å². The van der Waals surface area contributed by atoms with Gasteiger partial charge in [0.2, 0.25) is 0 Å². The highest BCUT2D eigenvalue weighted by Gasteiger charge is 2.15. The molecule has 1 unspecified atom stereocenters. The lowest BCUT2D eigenvalue weighted by molar-refractivity contribution is -0.151. The van der Waals surface area contributed by atoms with Crippen LogP contribution in [0.2, 0.25) is 5.02 Å². The highest BCUT2D eigenvalue weighted by molar-refractivity contribution is 6.31. The summed E-state index contributed by atoms with van der Waals surface area (Å²) >= 11 is 6.11. The summed E-state index contributed by atoms with van der Waals surface area (Å²) in [7, 11) is 0. The third kappa shape index (κ3) is 4.99. The van der Waals surface area contributed by atoms with Gasteiger partial charge < -0.3 is 9.47 Å². The van der Waals surface area contributed by atoms with Crippen LogP contribution in [0.25, 0.3) is 0 Å².